The highest BCUT2D eigenvalue weighted by Crippen LogP contribution is 2.31. The third kappa shape index (κ3) is 4.55. The Morgan fingerprint density at radius 1 is 0.903 bits per heavy atom. The number of rotatable bonds is 6. The van der Waals surface area contributed by atoms with Crippen LogP contribution >= 0.6 is 0 Å². The van der Waals surface area contributed by atoms with Gasteiger partial charge in [0.2, 0.25) is 10.0 Å². The minimum atomic E-state index is -3.78. The summed E-state index contributed by atoms with van der Waals surface area (Å²) in [6, 6.07) is 24.8. The van der Waals surface area contributed by atoms with Crippen molar-refractivity contribution in [3.05, 3.63) is 102 Å². The Balaban J connectivity index is 1.60. The Kier molecular flexibility index (Phi) is 6.20. The Labute approximate surface area is 183 Å². The number of carbonyl (C=O) groups excluding carboxylic acids is 1. The summed E-state index contributed by atoms with van der Waals surface area (Å²) in [6.45, 7) is 2.21. The zero-order valence-electron chi connectivity index (χ0n) is 17.3. The van der Waals surface area contributed by atoms with Crippen molar-refractivity contribution in [2.24, 2.45) is 0 Å². The highest BCUT2D eigenvalue weighted by atomic mass is 32.2. The summed E-state index contributed by atoms with van der Waals surface area (Å²) in [7, 11) is -3.78. The molecule has 0 spiro atoms. The maximum Gasteiger partial charge on any atom is 0.325 e. The van der Waals surface area contributed by atoms with Gasteiger partial charge in [-0.15, -0.1) is 0 Å². The van der Waals surface area contributed by atoms with Crippen LogP contribution in [0.15, 0.2) is 89.8 Å². The standard InChI is InChI=1S/C25H25NO4S/c1-19-14-16-22(17-15-19)31(28,29)26-18-8-13-23(26)25(27)30-24(20-9-4-2-5-10-20)21-11-6-3-7-12-21/h2-7,9-12,14-17,23-24H,8,13,18H2,1H3. The first-order valence-corrected chi connectivity index (χ1v) is 11.8. The van der Waals surface area contributed by atoms with Crippen molar-refractivity contribution in [2.45, 2.75) is 36.8 Å². The molecule has 1 aliphatic rings. The van der Waals surface area contributed by atoms with Crippen LogP contribution in [0.25, 0.3) is 0 Å². The zero-order chi connectivity index (χ0) is 21.8. The molecule has 0 bridgehead atoms. The Hall–Kier alpha value is -2.96. The normalized spacial score (nSPS) is 17.0. The van der Waals surface area contributed by atoms with Gasteiger partial charge in [-0.2, -0.15) is 4.31 Å². The van der Waals surface area contributed by atoms with Crippen molar-refractivity contribution >= 4 is 16.0 Å². The molecule has 0 aliphatic carbocycles. The summed E-state index contributed by atoms with van der Waals surface area (Å²) in [5, 5.41) is 0. The number of benzene rings is 3. The van der Waals surface area contributed by atoms with Gasteiger partial charge >= 0.3 is 5.97 Å². The van der Waals surface area contributed by atoms with Gasteiger partial charge in [-0.05, 0) is 43.0 Å². The Morgan fingerprint density at radius 3 is 2.00 bits per heavy atom. The topological polar surface area (TPSA) is 63.7 Å². The summed E-state index contributed by atoms with van der Waals surface area (Å²) in [5.41, 5.74) is 2.66. The number of ether oxygens (including phenoxy) is 1. The summed E-state index contributed by atoms with van der Waals surface area (Å²) in [6.07, 6.45) is 0.464. The molecule has 160 valence electrons. The van der Waals surface area contributed by atoms with Crippen LogP contribution in [-0.2, 0) is 19.6 Å². The molecule has 31 heavy (non-hydrogen) atoms. The smallest absolute Gasteiger partial charge is 0.325 e. The van der Waals surface area contributed by atoms with Gasteiger partial charge in [0, 0.05) is 6.54 Å². The van der Waals surface area contributed by atoms with E-state index in [0.717, 1.165) is 16.7 Å². The minimum Gasteiger partial charge on any atom is -0.451 e. The van der Waals surface area contributed by atoms with E-state index in [0.29, 0.717) is 19.4 Å². The number of hydrogen-bond acceptors (Lipinski definition) is 4. The lowest BCUT2D eigenvalue weighted by molar-refractivity contribution is -0.151. The molecule has 0 amide bonds. The third-order valence-electron chi connectivity index (χ3n) is 5.54. The van der Waals surface area contributed by atoms with E-state index in [1.165, 1.54) is 4.31 Å². The monoisotopic (exact) mass is 435 g/mol. The molecule has 1 aliphatic heterocycles. The van der Waals surface area contributed by atoms with Crippen molar-refractivity contribution in [1.82, 2.24) is 4.31 Å². The molecule has 1 atom stereocenters. The molecule has 3 aromatic rings. The zero-order valence-corrected chi connectivity index (χ0v) is 18.2. The van der Waals surface area contributed by atoms with Crippen LogP contribution in [0.1, 0.15) is 35.6 Å². The molecule has 0 saturated carbocycles. The molecule has 0 radical (unpaired) electrons. The predicted molar refractivity (Wildman–Crippen MR) is 119 cm³/mol. The number of nitrogens with zero attached hydrogens (tertiary/aromatic N) is 1. The van der Waals surface area contributed by atoms with Crippen molar-refractivity contribution in [3.63, 3.8) is 0 Å². The second-order valence-corrected chi connectivity index (χ2v) is 9.62. The highest BCUT2D eigenvalue weighted by molar-refractivity contribution is 7.89. The molecule has 4 rings (SSSR count). The van der Waals surface area contributed by atoms with Crippen LogP contribution in [0.4, 0.5) is 0 Å². The molecule has 6 heteroatoms. The van der Waals surface area contributed by atoms with Gasteiger partial charge in [0.25, 0.3) is 0 Å². The lowest BCUT2D eigenvalue weighted by atomic mass is 10.0. The Bertz CT molecular complexity index is 1090. The quantitative estimate of drug-likeness (QED) is 0.536. The van der Waals surface area contributed by atoms with Crippen molar-refractivity contribution < 1.29 is 17.9 Å². The first kappa shape index (κ1) is 21.3. The van der Waals surface area contributed by atoms with Gasteiger partial charge in [0.15, 0.2) is 6.10 Å². The van der Waals surface area contributed by atoms with Gasteiger partial charge in [-0.25, -0.2) is 8.42 Å². The van der Waals surface area contributed by atoms with E-state index in [9.17, 15) is 13.2 Å². The SMILES string of the molecule is Cc1ccc(S(=O)(=O)N2CCCC2C(=O)OC(c2ccccc2)c2ccccc2)cc1. The van der Waals surface area contributed by atoms with Crippen molar-refractivity contribution in [2.75, 3.05) is 6.54 Å². The fraction of sp³-hybridized carbons (Fsp3) is 0.240. The fourth-order valence-corrected chi connectivity index (χ4v) is 5.53. The van der Waals surface area contributed by atoms with Crippen LogP contribution in [0.2, 0.25) is 0 Å². The molecule has 0 N–H and O–H groups in total. The van der Waals surface area contributed by atoms with E-state index < -0.39 is 28.1 Å². The van der Waals surface area contributed by atoms with Gasteiger partial charge in [-0.1, -0.05) is 78.4 Å². The number of sulfonamides is 1. The summed E-state index contributed by atoms with van der Waals surface area (Å²) < 4.78 is 33.6. The summed E-state index contributed by atoms with van der Waals surface area (Å²) in [4.78, 5) is 13.4. The molecule has 0 aromatic heterocycles. The van der Waals surface area contributed by atoms with E-state index in [2.05, 4.69) is 0 Å². The number of aryl methyl sites for hydroxylation is 1. The lowest BCUT2D eigenvalue weighted by Gasteiger charge is -2.26. The van der Waals surface area contributed by atoms with Crippen LogP contribution in [0, 0.1) is 6.92 Å². The largest absolute Gasteiger partial charge is 0.451 e. The van der Waals surface area contributed by atoms with Crippen LogP contribution in [0.5, 0.6) is 0 Å². The highest BCUT2D eigenvalue weighted by Gasteiger charge is 2.41. The summed E-state index contributed by atoms with van der Waals surface area (Å²) >= 11 is 0. The van der Waals surface area contributed by atoms with Crippen LogP contribution in [-0.4, -0.2) is 31.3 Å². The lowest BCUT2D eigenvalue weighted by Crippen LogP contribution is -2.41. The first-order valence-electron chi connectivity index (χ1n) is 10.4. The molecular formula is C25H25NO4S. The maximum atomic E-state index is 13.2. The molecule has 1 fully saturated rings. The molecule has 5 nitrogen and oxygen atoms in total. The van der Waals surface area contributed by atoms with Crippen LogP contribution in [0.3, 0.4) is 0 Å². The van der Waals surface area contributed by atoms with Gasteiger partial charge in [0.05, 0.1) is 4.90 Å². The van der Waals surface area contributed by atoms with Crippen LogP contribution < -0.4 is 0 Å². The molecule has 1 heterocycles. The van der Waals surface area contributed by atoms with E-state index in [1.54, 1.807) is 24.3 Å². The molecule has 1 saturated heterocycles. The number of hydrogen-bond donors (Lipinski definition) is 0. The van der Waals surface area contributed by atoms with Gasteiger partial charge in [0.1, 0.15) is 6.04 Å². The van der Waals surface area contributed by atoms with E-state index in [1.807, 2.05) is 67.6 Å². The average Bonchev–Trinajstić information content (AvgIpc) is 3.30. The fourth-order valence-electron chi connectivity index (χ4n) is 3.89. The summed E-state index contributed by atoms with van der Waals surface area (Å²) in [5.74, 6) is -0.522. The molecular weight excluding hydrogens is 410 g/mol. The average molecular weight is 436 g/mol. The molecule has 3 aromatic carbocycles. The third-order valence-corrected chi connectivity index (χ3v) is 7.46. The van der Waals surface area contributed by atoms with Gasteiger partial charge in [-0.3, -0.25) is 4.79 Å². The van der Waals surface area contributed by atoms with E-state index in [4.69, 9.17) is 4.74 Å². The van der Waals surface area contributed by atoms with E-state index in [-0.39, 0.29) is 4.90 Å². The van der Waals surface area contributed by atoms with Crippen molar-refractivity contribution in [3.8, 4) is 0 Å². The second-order valence-electron chi connectivity index (χ2n) is 7.73. The second kappa shape index (κ2) is 9.04. The molecule has 1 unspecified atom stereocenters. The predicted octanol–water partition coefficient (Wildman–Crippen LogP) is 4.48. The minimum absolute atomic E-state index is 0.195. The van der Waals surface area contributed by atoms with E-state index >= 15 is 0 Å². The first-order chi connectivity index (χ1) is 15.0. The van der Waals surface area contributed by atoms with Gasteiger partial charge < -0.3 is 4.74 Å². The number of carbonyl (C=O) groups is 1. The van der Waals surface area contributed by atoms with Crippen molar-refractivity contribution in [1.29, 1.82) is 0 Å². The Morgan fingerprint density at radius 2 is 1.45 bits per heavy atom. The maximum absolute atomic E-state index is 13.2. The number of esters is 1.